The van der Waals surface area contributed by atoms with Crippen molar-refractivity contribution in [1.29, 1.82) is 0 Å². The first-order valence-corrected chi connectivity index (χ1v) is 6.12. The molecule has 2 aromatic rings. The van der Waals surface area contributed by atoms with Crippen molar-refractivity contribution in [2.45, 2.75) is 27.0 Å². The molecule has 0 saturated carbocycles. The molecule has 0 spiro atoms. The Morgan fingerprint density at radius 3 is 2.78 bits per heavy atom. The van der Waals surface area contributed by atoms with Crippen LogP contribution < -0.4 is 10.1 Å². The molecule has 0 aliphatic carbocycles. The second-order valence-corrected chi connectivity index (χ2v) is 4.17. The third-order valence-corrected chi connectivity index (χ3v) is 2.57. The van der Waals surface area contributed by atoms with Crippen molar-refractivity contribution in [2.75, 3.05) is 6.54 Å². The predicted octanol–water partition coefficient (Wildman–Crippen LogP) is 2.67. The molecule has 1 aromatic heterocycles. The fraction of sp³-hybridized carbons (Fsp3) is 0.357. The van der Waals surface area contributed by atoms with Crippen LogP contribution in [0.25, 0.3) is 0 Å². The molecule has 0 bridgehead atoms. The Kier molecular flexibility index (Phi) is 4.36. The minimum atomic E-state index is 0.405. The molecule has 1 aromatic carbocycles. The van der Waals surface area contributed by atoms with Gasteiger partial charge in [0.15, 0.2) is 5.76 Å². The van der Waals surface area contributed by atoms with Gasteiger partial charge in [0.05, 0.1) is 5.69 Å². The zero-order valence-electron chi connectivity index (χ0n) is 10.8. The van der Waals surface area contributed by atoms with Crippen molar-refractivity contribution in [1.82, 2.24) is 10.5 Å². The lowest BCUT2D eigenvalue weighted by Crippen LogP contribution is -2.11. The monoisotopic (exact) mass is 246 g/mol. The van der Waals surface area contributed by atoms with Gasteiger partial charge in [0.1, 0.15) is 12.4 Å². The Morgan fingerprint density at radius 2 is 2.06 bits per heavy atom. The maximum Gasteiger partial charge on any atom is 0.174 e. The third-order valence-electron chi connectivity index (χ3n) is 2.57. The zero-order chi connectivity index (χ0) is 12.8. The summed E-state index contributed by atoms with van der Waals surface area (Å²) in [5.41, 5.74) is 2.12. The Balaban J connectivity index is 1.86. The first-order valence-electron chi connectivity index (χ1n) is 6.12. The van der Waals surface area contributed by atoms with Crippen LogP contribution in [0, 0.1) is 6.92 Å². The van der Waals surface area contributed by atoms with E-state index in [1.807, 2.05) is 37.3 Å². The molecule has 0 radical (unpaired) electrons. The van der Waals surface area contributed by atoms with Crippen LogP contribution in [0.3, 0.4) is 0 Å². The summed E-state index contributed by atoms with van der Waals surface area (Å²) in [5.74, 6) is 1.58. The summed E-state index contributed by atoms with van der Waals surface area (Å²) in [4.78, 5) is 0. The van der Waals surface area contributed by atoms with Gasteiger partial charge in [-0.3, -0.25) is 0 Å². The number of nitrogens with one attached hydrogen (secondary N) is 1. The van der Waals surface area contributed by atoms with E-state index in [2.05, 4.69) is 17.4 Å². The molecule has 0 unspecified atom stereocenters. The van der Waals surface area contributed by atoms with Crippen LogP contribution in [0.2, 0.25) is 0 Å². The van der Waals surface area contributed by atoms with Crippen molar-refractivity contribution in [3.63, 3.8) is 0 Å². The van der Waals surface area contributed by atoms with E-state index in [1.54, 1.807) is 0 Å². The van der Waals surface area contributed by atoms with Gasteiger partial charge in [-0.2, -0.15) is 0 Å². The smallest absolute Gasteiger partial charge is 0.174 e. The maximum atomic E-state index is 5.61. The standard InChI is InChI=1S/C14H18N2O2/c1-3-15-9-12-8-14(18-16-12)10-17-13-6-4-11(2)5-7-13/h4-8,15H,3,9-10H2,1-2H3. The van der Waals surface area contributed by atoms with Crippen molar-refractivity contribution in [2.24, 2.45) is 0 Å². The Bertz CT molecular complexity index is 477. The van der Waals surface area contributed by atoms with Crippen LogP contribution in [-0.2, 0) is 13.2 Å². The van der Waals surface area contributed by atoms with E-state index in [9.17, 15) is 0 Å². The van der Waals surface area contributed by atoms with Gasteiger partial charge in [-0.25, -0.2) is 0 Å². The molecule has 0 aliphatic rings. The normalized spacial score (nSPS) is 10.6. The average Bonchev–Trinajstić information content (AvgIpc) is 2.84. The van der Waals surface area contributed by atoms with Crippen LogP contribution in [0.1, 0.15) is 23.9 Å². The Hall–Kier alpha value is -1.81. The first-order chi connectivity index (χ1) is 8.78. The van der Waals surface area contributed by atoms with Crippen molar-refractivity contribution in [3.8, 4) is 5.75 Å². The number of ether oxygens (including phenoxy) is 1. The number of hydrogen-bond donors (Lipinski definition) is 1. The molecule has 1 heterocycles. The number of benzene rings is 1. The highest BCUT2D eigenvalue weighted by molar-refractivity contribution is 5.26. The van der Waals surface area contributed by atoms with Crippen LogP contribution in [0.4, 0.5) is 0 Å². The predicted molar refractivity (Wildman–Crippen MR) is 69.4 cm³/mol. The number of aromatic nitrogens is 1. The molecule has 0 aliphatic heterocycles. The molecule has 0 amide bonds. The van der Waals surface area contributed by atoms with Gasteiger partial charge in [-0.15, -0.1) is 0 Å². The highest BCUT2D eigenvalue weighted by Crippen LogP contribution is 2.14. The summed E-state index contributed by atoms with van der Waals surface area (Å²) >= 11 is 0. The number of aryl methyl sites for hydroxylation is 1. The van der Waals surface area contributed by atoms with Gasteiger partial charge < -0.3 is 14.6 Å². The molecular weight excluding hydrogens is 228 g/mol. The highest BCUT2D eigenvalue weighted by Gasteiger charge is 2.04. The van der Waals surface area contributed by atoms with Gasteiger partial charge in [0, 0.05) is 12.6 Å². The SMILES string of the molecule is CCNCc1cc(COc2ccc(C)cc2)on1. The lowest BCUT2D eigenvalue weighted by atomic mass is 10.2. The fourth-order valence-corrected chi connectivity index (χ4v) is 1.55. The average molecular weight is 246 g/mol. The molecule has 1 N–H and O–H groups in total. The van der Waals surface area contributed by atoms with Crippen LogP contribution in [0.5, 0.6) is 5.75 Å². The summed E-state index contributed by atoms with van der Waals surface area (Å²) in [6.45, 7) is 6.16. The molecule has 4 nitrogen and oxygen atoms in total. The fourth-order valence-electron chi connectivity index (χ4n) is 1.55. The maximum absolute atomic E-state index is 5.61. The Labute approximate surface area is 107 Å². The molecule has 96 valence electrons. The van der Waals surface area contributed by atoms with E-state index >= 15 is 0 Å². The topological polar surface area (TPSA) is 47.3 Å². The molecular formula is C14H18N2O2. The lowest BCUT2D eigenvalue weighted by Gasteiger charge is -2.03. The minimum Gasteiger partial charge on any atom is -0.486 e. The van der Waals surface area contributed by atoms with Crippen molar-refractivity contribution in [3.05, 3.63) is 47.3 Å². The third kappa shape index (κ3) is 3.60. The van der Waals surface area contributed by atoms with E-state index < -0.39 is 0 Å². The van der Waals surface area contributed by atoms with Gasteiger partial charge in [0.2, 0.25) is 0 Å². The number of hydrogen-bond acceptors (Lipinski definition) is 4. The van der Waals surface area contributed by atoms with E-state index in [1.165, 1.54) is 5.56 Å². The van der Waals surface area contributed by atoms with Crippen LogP contribution in [0.15, 0.2) is 34.9 Å². The van der Waals surface area contributed by atoms with Gasteiger partial charge in [-0.05, 0) is 25.6 Å². The van der Waals surface area contributed by atoms with E-state index in [0.29, 0.717) is 6.61 Å². The quantitative estimate of drug-likeness (QED) is 0.851. The molecule has 0 fully saturated rings. The van der Waals surface area contributed by atoms with Gasteiger partial charge >= 0.3 is 0 Å². The summed E-state index contributed by atoms with van der Waals surface area (Å²) < 4.78 is 10.8. The van der Waals surface area contributed by atoms with E-state index in [-0.39, 0.29) is 0 Å². The highest BCUT2D eigenvalue weighted by atomic mass is 16.5. The molecule has 0 atom stereocenters. The van der Waals surface area contributed by atoms with Gasteiger partial charge in [-0.1, -0.05) is 29.8 Å². The summed E-state index contributed by atoms with van der Waals surface area (Å²) in [7, 11) is 0. The number of rotatable bonds is 6. The second kappa shape index (κ2) is 6.21. The van der Waals surface area contributed by atoms with Crippen LogP contribution in [-0.4, -0.2) is 11.7 Å². The lowest BCUT2D eigenvalue weighted by molar-refractivity contribution is 0.248. The molecule has 18 heavy (non-hydrogen) atoms. The van der Waals surface area contributed by atoms with E-state index in [4.69, 9.17) is 9.26 Å². The van der Waals surface area contributed by atoms with E-state index in [0.717, 1.165) is 30.3 Å². The summed E-state index contributed by atoms with van der Waals surface area (Å²) in [6.07, 6.45) is 0. The summed E-state index contributed by atoms with van der Waals surface area (Å²) in [5, 5.41) is 7.16. The largest absolute Gasteiger partial charge is 0.486 e. The molecule has 0 saturated heterocycles. The molecule has 4 heteroatoms. The molecule has 2 rings (SSSR count). The second-order valence-electron chi connectivity index (χ2n) is 4.17. The van der Waals surface area contributed by atoms with Gasteiger partial charge in [0.25, 0.3) is 0 Å². The van der Waals surface area contributed by atoms with Crippen LogP contribution >= 0.6 is 0 Å². The first kappa shape index (κ1) is 12.6. The van der Waals surface area contributed by atoms with Crippen molar-refractivity contribution < 1.29 is 9.26 Å². The minimum absolute atomic E-state index is 0.405. The van der Waals surface area contributed by atoms with Crippen molar-refractivity contribution >= 4 is 0 Å². The Morgan fingerprint density at radius 1 is 1.28 bits per heavy atom. The zero-order valence-corrected chi connectivity index (χ0v) is 10.8. The number of nitrogens with zero attached hydrogens (tertiary/aromatic N) is 1. The summed E-state index contributed by atoms with van der Waals surface area (Å²) in [6, 6.07) is 9.85.